The Morgan fingerprint density at radius 2 is 1.67 bits per heavy atom. The molecule has 156 valence electrons. The summed E-state index contributed by atoms with van der Waals surface area (Å²) >= 11 is 0. The summed E-state index contributed by atoms with van der Waals surface area (Å²) < 4.78 is 5.79. The van der Waals surface area contributed by atoms with Crippen molar-refractivity contribution < 1.29 is 14.3 Å². The summed E-state index contributed by atoms with van der Waals surface area (Å²) in [6, 6.07) is 15.7. The number of carbonyl (C=O) groups excluding carboxylic acids is 2. The zero-order valence-electron chi connectivity index (χ0n) is 17.4. The molecule has 0 spiro atoms. The Hall–Kier alpha value is -3.28. The number of ether oxygens (including phenoxy) is 1. The van der Waals surface area contributed by atoms with E-state index in [1.807, 2.05) is 66.6 Å². The van der Waals surface area contributed by atoms with Crippen LogP contribution in [0, 0.1) is 6.92 Å². The zero-order chi connectivity index (χ0) is 21.1. The van der Waals surface area contributed by atoms with E-state index in [9.17, 15) is 9.59 Å². The van der Waals surface area contributed by atoms with Gasteiger partial charge in [0.05, 0.1) is 6.42 Å². The maximum Gasteiger partial charge on any atom is 0.263 e. The lowest BCUT2D eigenvalue weighted by atomic mass is 10.1. The summed E-state index contributed by atoms with van der Waals surface area (Å²) in [5.74, 6) is 0.740. The first kappa shape index (κ1) is 20.0. The van der Waals surface area contributed by atoms with Gasteiger partial charge in [-0.05, 0) is 37.6 Å². The van der Waals surface area contributed by atoms with Gasteiger partial charge in [-0.3, -0.25) is 9.59 Å². The van der Waals surface area contributed by atoms with Crippen LogP contribution in [0.25, 0.3) is 10.9 Å². The van der Waals surface area contributed by atoms with Gasteiger partial charge in [0.1, 0.15) is 5.75 Å². The van der Waals surface area contributed by atoms with Gasteiger partial charge in [-0.25, -0.2) is 0 Å². The minimum atomic E-state index is -0.554. The second-order valence-corrected chi connectivity index (χ2v) is 7.82. The van der Waals surface area contributed by atoms with Crippen molar-refractivity contribution in [3.8, 4) is 5.75 Å². The van der Waals surface area contributed by atoms with E-state index in [1.54, 1.807) is 11.8 Å². The largest absolute Gasteiger partial charge is 0.481 e. The van der Waals surface area contributed by atoms with Crippen molar-refractivity contribution in [2.24, 2.45) is 0 Å². The molecule has 1 aromatic heterocycles. The first-order chi connectivity index (χ1) is 14.5. The van der Waals surface area contributed by atoms with Gasteiger partial charge in [0, 0.05) is 43.3 Å². The second kappa shape index (κ2) is 8.61. The quantitative estimate of drug-likeness (QED) is 0.709. The molecule has 30 heavy (non-hydrogen) atoms. The third-order valence-electron chi connectivity index (χ3n) is 5.64. The predicted octanol–water partition coefficient (Wildman–Crippen LogP) is 3.16. The molecule has 2 aromatic carbocycles. The van der Waals surface area contributed by atoms with Crippen LogP contribution in [0.1, 0.15) is 18.1 Å². The van der Waals surface area contributed by atoms with Crippen molar-refractivity contribution in [3.63, 3.8) is 0 Å². The van der Waals surface area contributed by atoms with Crippen molar-refractivity contribution in [2.75, 3.05) is 26.2 Å². The van der Waals surface area contributed by atoms with E-state index < -0.39 is 6.10 Å². The van der Waals surface area contributed by atoms with Crippen LogP contribution < -0.4 is 4.74 Å². The SMILES string of the molecule is Cc1ccc(OC(C)C(=O)N2CCN(C(=O)Cc3c[nH]c4ccccc34)CC2)cc1. The van der Waals surface area contributed by atoms with E-state index in [2.05, 4.69) is 4.98 Å². The number of amides is 2. The van der Waals surface area contributed by atoms with Crippen LogP contribution in [-0.4, -0.2) is 58.9 Å². The maximum absolute atomic E-state index is 12.8. The standard InChI is InChI=1S/C24H27N3O3/c1-17-7-9-20(10-8-17)30-18(2)24(29)27-13-11-26(12-14-27)23(28)15-19-16-25-22-6-4-3-5-21(19)22/h3-10,16,18,25H,11-15H2,1-2H3. The van der Waals surface area contributed by atoms with Crippen molar-refractivity contribution in [3.05, 3.63) is 65.9 Å². The third kappa shape index (κ3) is 4.32. The number of hydrogen-bond donors (Lipinski definition) is 1. The van der Waals surface area contributed by atoms with Crippen molar-refractivity contribution in [1.29, 1.82) is 0 Å². The molecule has 1 saturated heterocycles. The highest BCUT2D eigenvalue weighted by molar-refractivity contribution is 5.89. The summed E-state index contributed by atoms with van der Waals surface area (Å²) in [6.45, 7) is 5.93. The first-order valence-electron chi connectivity index (χ1n) is 10.4. The number of rotatable bonds is 5. The van der Waals surface area contributed by atoms with E-state index >= 15 is 0 Å². The smallest absolute Gasteiger partial charge is 0.263 e. The minimum Gasteiger partial charge on any atom is -0.481 e. The molecule has 4 rings (SSSR count). The molecule has 1 aliphatic rings. The lowest BCUT2D eigenvalue weighted by molar-refractivity contribution is -0.143. The lowest BCUT2D eigenvalue weighted by Gasteiger charge is -2.36. The van der Waals surface area contributed by atoms with Crippen LogP contribution in [-0.2, 0) is 16.0 Å². The van der Waals surface area contributed by atoms with Crippen molar-refractivity contribution in [2.45, 2.75) is 26.4 Å². The topological polar surface area (TPSA) is 65.6 Å². The molecule has 1 unspecified atom stereocenters. The molecule has 1 N–H and O–H groups in total. The number of fused-ring (bicyclic) bond motifs is 1. The number of nitrogens with one attached hydrogen (secondary N) is 1. The van der Waals surface area contributed by atoms with Gasteiger partial charge in [-0.15, -0.1) is 0 Å². The fourth-order valence-corrected chi connectivity index (χ4v) is 3.86. The number of H-pyrrole nitrogens is 1. The van der Waals surface area contributed by atoms with Crippen LogP contribution in [0.4, 0.5) is 0 Å². The molecule has 0 saturated carbocycles. The summed E-state index contributed by atoms with van der Waals surface area (Å²) in [7, 11) is 0. The normalized spacial score (nSPS) is 15.3. The fraction of sp³-hybridized carbons (Fsp3) is 0.333. The van der Waals surface area contributed by atoms with Crippen LogP contribution >= 0.6 is 0 Å². The lowest BCUT2D eigenvalue weighted by Crippen LogP contribution is -2.53. The van der Waals surface area contributed by atoms with Gasteiger partial charge in [0.25, 0.3) is 5.91 Å². The Morgan fingerprint density at radius 3 is 2.40 bits per heavy atom. The molecule has 1 fully saturated rings. The number of aromatic nitrogens is 1. The average Bonchev–Trinajstić information content (AvgIpc) is 3.17. The first-order valence-corrected chi connectivity index (χ1v) is 10.4. The Kier molecular flexibility index (Phi) is 5.74. The van der Waals surface area contributed by atoms with Gasteiger partial charge in [0.2, 0.25) is 5.91 Å². The molecule has 2 heterocycles. The van der Waals surface area contributed by atoms with Gasteiger partial charge in [0.15, 0.2) is 6.10 Å². The summed E-state index contributed by atoms with van der Waals surface area (Å²) in [6.07, 6.45) is 1.72. The molecule has 6 heteroatoms. The molecule has 1 atom stereocenters. The van der Waals surface area contributed by atoms with Gasteiger partial charge < -0.3 is 19.5 Å². The third-order valence-corrected chi connectivity index (χ3v) is 5.64. The predicted molar refractivity (Wildman–Crippen MR) is 116 cm³/mol. The van der Waals surface area contributed by atoms with Gasteiger partial charge >= 0.3 is 0 Å². The number of hydrogen-bond acceptors (Lipinski definition) is 3. The number of carbonyl (C=O) groups is 2. The number of para-hydroxylation sites is 1. The fourth-order valence-electron chi connectivity index (χ4n) is 3.86. The van der Waals surface area contributed by atoms with Gasteiger partial charge in [-0.2, -0.15) is 0 Å². The van der Waals surface area contributed by atoms with E-state index in [1.165, 1.54) is 0 Å². The maximum atomic E-state index is 12.8. The summed E-state index contributed by atoms with van der Waals surface area (Å²) in [5.41, 5.74) is 3.20. The zero-order valence-corrected chi connectivity index (χ0v) is 17.4. The number of nitrogens with zero attached hydrogens (tertiary/aromatic N) is 2. The van der Waals surface area contributed by atoms with Gasteiger partial charge in [-0.1, -0.05) is 35.9 Å². The van der Waals surface area contributed by atoms with Crippen molar-refractivity contribution in [1.82, 2.24) is 14.8 Å². The molecule has 1 aliphatic heterocycles. The minimum absolute atomic E-state index is 0.0423. The molecule has 3 aromatic rings. The van der Waals surface area contributed by atoms with Crippen LogP contribution in [0.3, 0.4) is 0 Å². The van der Waals surface area contributed by atoms with Crippen molar-refractivity contribution >= 4 is 22.7 Å². The van der Waals surface area contributed by atoms with E-state index in [-0.39, 0.29) is 11.8 Å². The highest BCUT2D eigenvalue weighted by atomic mass is 16.5. The molecular weight excluding hydrogens is 378 g/mol. The number of aryl methyl sites for hydroxylation is 1. The Morgan fingerprint density at radius 1 is 1.00 bits per heavy atom. The van der Waals surface area contributed by atoms with Crippen LogP contribution in [0.15, 0.2) is 54.7 Å². The number of benzene rings is 2. The monoisotopic (exact) mass is 405 g/mol. The molecular formula is C24H27N3O3. The summed E-state index contributed by atoms with van der Waals surface area (Å²) in [4.78, 5) is 32.4. The number of aromatic amines is 1. The molecule has 6 nitrogen and oxygen atoms in total. The molecule has 0 aliphatic carbocycles. The second-order valence-electron chi connectivity index (χ2n) is 7.82. The molecule has 2 amide bonds. The Balaban J connectivity index is 1.30. The molecule has 0 bridgehead atoms. The Labute approximate surface area is 176 Å². The molecule has 0 radical (unpaired) electrons. The number of piperazine rings is 1. The highest BCUT2D eigenvalue weighted by Gasteiger charge is 2.28. The summed E-state index contributed by atoms with van der Waals surface area (Å²) in [5, 5.41) is 1.08. The average molecular weight is 405 g/mol. The van der Waals surface area contributed by atoms with E-state index in [0.29, 0.717) is 38.3 Å². The van der Waals surface area contributed by atoms with Crippen LogP contribution in [0.5, 0.6) is 5.75 Å². The van der Waals surface area contributed by atoms with Crippen LogP contribution in [0.2, 0.25) is 0 Å². The highest BCUT2D eigenvalue weighted by Crippen LogP contribution is 2.19. The van der Waals surface area contributed by atoms with E-state index in [0.717, 1.165) is 22.0 Å². The van der Waals surface area contributed by atoms with E-state index in [4.69, 9.17) is 4.74 Å². The Bertz CT molecular complexity index is 1030.